The number of carbonyl (C=O) groups is 3. The third-order valence-corrected chi connectivity index (χ3v) is 6.10. The Morgan fingerprint density at radius 3 is 1.91 bits per heavy atom. The molecule has 1 aliphatic rings. The maximum atomic E-state index is 13.2. The van der Waals surface area contributed by atoms with Crippen LogP contribution in [0.2, 0.25) is 0 Å². The van der Waals surface area contributed by atoms with Crippen molar-refractivity contribution in [2.45, 2.75) is 13.8 Å². The van der Waals surface area contributed by atoms with E-state index in [0.29, 0.717) is 27.8 Å². The standard InChI is InChI=1S/C29H23NO5/c1-18-6-3-7-19(2)26(18)34-16-17-35-29(33)21-12-14-22(15-13-21)30-27(31)23-10-4-8-20-9-5-11-24(25(20)23)28(30)32/h3-15H,16-17H2,1-2H3. The minimum Gasteiger partial charge on any atom is -0.489 e. The first-order chi connectivity index (χ1) is 17.0. The molecular formula is C29H23NO5. The Balaban J connectivity index is 1.27. The second kappa shape index (κ2) is 9.06. The lowest BCUT2D eigenvalue weighted by Gasteiger charge is -2.27. The quantitative estimate of drug-likeness (QED) is 0.214. The number of para-hydroxylation sites is 1. The van der Waals surface area contributed by atoms with Crippen molar-refractivity contribution in [3.05, 3.63) is 107 Å². The van der Waals surface area contributed by atoms with Gasteiger partial charge in [-0.15, -0.1) is 0 Å². The Morgan fingerprint density at radius 2 is 1.31 bits per heavy atom. The molecular weight excluding hydrogens is 442 g/mol. The van der Waals surface area contributed by atoms with Gasteiger partial charge in [0, 0.05) is 16.5 Å². The van der Waals surface area contributed by atoms with Crippen molar-refractivity contribution in [2.75, 3.05) is 18.1 Å². The van der Waals surface area contributed by atoms with Crippen LogP contribution in [0.4, 0.5) is 5.69 Å². The third kappa shape index (κ3) is 4.04. The van der Waals surface area contributed by atoms with Gasteiger partial charge >= 0.3 is 5.97 Å². The van der Waals surface area contributed by atoms with Crippen LogP contribution in [0.5, 0.6) is 5.75 Å². The van der Waals surface area contributed by atoms with E-state index >= 15 is 0 Å². The molecule has 6 heteroatoms. The highest BCUT2D eigenvalue weighted by Gasteiger charge is 2.33. The maximum absolute atomic E-state index is 13.2. The second-order valence-electron chi connectivity index (χ2n) is 8.41. The monoisotopic (exact) mass is 465 g/mol. The van der Waals surface area contributed by atoms with Crippen LogP contribution in [0, 0.1) is 13.8 Å². The summed E-state index contributed by atoms with van der Waals surface area (Å²) in [7, 11) is 0. The number of hydrogen-bond donors (Lipinski definition) is 0. The van der Waals surface area contributed by atoms with Gasteiger partial charge < -0.3 is 9.47 Å². The SMILES string of the molecule is Cc1cccc(C)c1OCCOC(=O)c1ccc(N2C(=O)c3cccc4cccc(c34)C2=O)cc1. The lowest BCUT2D eigenvalue weighted by atomic mass is 9.94. The molecule has 174 valence electrons. The maximum Gasteiger partial charge on any atom is 0.338 e. The highest BCUT2D eigenvalue weighted by atomic mass is 16.6. The van der Waals surface area contributed by atoms with Crippen LogP contribution in [-0.2, 0) is 4.74 Å². The summed E-state index contributed by atoms with van der Waals surface area (Å²) in [4.78, 5) is 40.0. The predicted octanol–water partition coefficient (Wildman–Crippen LogP) is 5.49. The van der Waals surface area contributed by atoms with Crippen molar-refractivity contribution in [1.82, 2.24) is 0 Å². The van der Waals surface area contributed by atoms with Gasteiger partial charge in [-0.2, -0.15) is 0 Å². The molecule has 4 aromatic rings. The van der Waals surface area contributed by atoms with Gasteiger partial charge in [0.1, 0.15) is 19.0 Å². The van der Waals surface area contributed by atoms with Crippen LogP contribution in [0.15, 0.2) is 78.9 Å². The first-order valence-electron chi connectivity index (χ1n) is 11.3. The molecule has 0 unspecified atom stereocenters. The Hall–Kier alpha value is -4.45. The largest absolute Gasteiger partial charge is 0.489 e. The number of ether oxygens (including phenoxy) is 2. The van der Waals surface area contributed by atoms with E-state index in [4.69, 9.17) is 9.47 Å². The number of imide groups is 1. The number of benzene rings is 4. The van der Waals surface area contributed by atoms with Crippen molar-refractivity contribution in [3.8, 4) is 5.75 Å². The van der Waals surface area contributed by atoms with Gasteiger partial charge in [0.05, 0.1) is 11.3 Å². The van der Waals surface area contributed by atoms with Crippen LogP contribution >= 0.6 is 0 Å². The van der Waals surface area contributed by atoms with E-state index in [1.807, 2.05) is 44.2 Å². The van der Waals surface area contributed by atoms with Crippen LogP contribution < -0.4 is 9.64 Å². The van der Waals surface area contributed by atoms with Gasteiger partial charge in [-0.25, -0.2) is 9.69 Å². The van der Waals surface area contributed by atoms with E-state index in [-0.39, 0.29) is 13.2 Å². The van der Waals surface area contributed by atoms with Gasteiger partial charge in [-0.05, 0) is 66.8 Å². The van der Waals surface area contributed by atoms with Gasteiger partial charge in [-0.3, -0.25) is 9.59 Å². The average Bonchev–Trinajstić information content (AvgIpc) is 2.87. The summed E-state index contributed by atoms with van der Waals surface area (Å²) in [6.07, 6.45) is 0. The number of rotatable bonds is 6. The first-order valence-corrected chi connectivity index (χ1v) is 11.3. The first kappa shape index (κ1) is 22.3. The number of amides is 2. The molecule has 5 rings (SSSR count). The molecule has 0 spiro atoms. The minimum atomic E-state index is -0.506. The highest BCUT2D eigenvalue weighted by molar-refractivity contribution is 6.35. The van der Waals surface area contributed by atoms with E-state index in [9.17, 15) is 14.4 Å². The Kier molecular flexibility index (Phi) is 5.79. The molecule has 4 aromatic carbocycles. The second-order valence-corrected chi connectivity index (χ2v) is 8.41. The van der Waals surface area contributed by atoms with Crippen LogP contribution in [0.1, 0.15) is 42.2 Å². The van der Waals surface area contributed by atoms with Crippen molar-refractivity contribution < 1.29 is 23.9 Å². The molecule has 0 atom stereocenters. The zero-order chi connectivity index (χ0) is 24.5. The Morgan fingerprint density at radius 1 is 0.743 bits per heavy atom. The van der Waals surface area contributed by atoms with Crippen molar-refractivity contribution in [3.63, 3.8) is 0 Å². The van der Waals surface area contributed by atoms with E-state index in [1.165, 1.54) is 0 Å². The molecule has 0 saturated carbocycles. The Labute approximate surface area is 202 Å². The fraction of sp³-hybridized carbons (Fsp3) is 0.138. The molecule has 0 N–H and O–H groups in total. The van der Waals surface area contributed by atoms with Crippen molar-refractivity contribution >= 4 is 34.2 Å². The summed E-state index contributed by atoms with van der Waals surface area (Å²) >= 11 is 0. The number of esters is 1. The van der Waals surface area contributed by atoms with Gasteiger partial charge in [0.25, 0.3) is 11.8 Å². The Bertz CT molecular complexity index is 1400. The number of carbonyl (C=O) groups excluding carboxylic acids is 3. The number of anilines is 1. The average molecular weight is 466 g/mol. The normalized spacial score (nSPS) is 12.7. The summed E-state index contributed by atoms with van der Waals surface area (Å²) in [5.41, 5.74) is 3.71. The van der Waals surface area contributed by atoms with Crippen LogP contribution in [0.3, 0.4) is 0 Å². The summed E-state index contributed by atoms with van der Waals surface area (Å²) < 4.78 is 11.1. The van der Waals surface area contributed by atoms with Gasteiger partial charge in [0.2, 0.25) is 0 Å². The summed E-state index contributed by atoms with van der Waals surface area (Å²) in [6, 6.07) is 23.0. The van der Waals surface area contributed by atoms with Gasteiger partial charge in [-0.1, -0.05) is 42.5 Å². The lowest BCUT2D eigenvalue weighted by molar-refractivity contribution is 0.0449. The van der Waals surface area contributed by atoms with E-state index in [1.54, 1.807) is 48.5 Å². The van der Waals surface area contributed by atoms with Gasteiger partial charge in [0.15, 0.2) is 0 Å². The van der Waals surface area contributed by atoms with Crippen molar-refractivity contribution in [2.24, 2.45) is 0 Å². The third-order valence-electron chi connectivity index (χ3n) is 6.10. The highest BCUT2D eigenvalue weighted by Crippen LogP contribution is 2.32. The molecule has 1 aliphatic heterocycles. The molecule has 2 amide bonds. The number of hydrogen-bond acceptors (Lipinski definition) is 5. The molecule has 0 saturated heterocycles. The fourth-order valence-electron chi connectivity index (χ4n) is 4.40. The van der Waals surface area contributed by atoms with Crippen LogP contribution in [-0.4, -0.2) is 31.0 Å². The fourth-order valence-corrected chi connectivity index (χ4v) is 4.40. The van der Waals surface area contributed by atoms with Crippen LogP contribution in [0.25, 0.3) is 10.8 Å². The number of aryl methyl sites for hydroxylation is 2. The zero-order valence-corrected chi connectivity index (χ0v) is 19.4. The smallest absolute Gasteiger partial charge is 0.338 e. The predicted molar refractivity (Wildman–Crippen MR) is 133 cm³/mol. The zero-order valence-electron chi connectivity index (χ0n) is 19.4. The molecule has 0 radical (unpaired) electrons. The molecule has 0 bridgehead atoms. The molecule has 6 nitrogen and oxygen atoms in total. The minimum absolute atomic E-state index is 0.0955. The summed E-state index contributed by atoms with van der Waals surface area (Å²) in [6.45, 7) is 4.26. The molecule has 1 heterocycles. The van der Waals surface area contributed by atoms with E-state index in [2.05, 4.69) is 0 Å². The molecule has 0 aromatic heterocycles. The lowest BCUT2D eigenvalue weighted by Crippen LogP contribution is -2.40. The topological polar surface area (TPSA) is 72.9 Å². The molecule has 0 fully saturated rings. The molecule has 0 aliphatic carbocycles. The van der Waals surface area contributed by atoms with E-state index in [0.717, 1.165) is 27.2 Å². The number of nitrogens with zero attached hydrogens (tertiary/aromatic N) is 1. The molecule has 35 heavy (non-hydrogen) atoms. The summed E-state index contributed by atoms with van der Waals surface area (Å²) in [5.74, 6) is -0.495. The summed E-state index contributed by atoms with van der Waals surface area (Å²) in [5, 5.41) is 1.52. The van der Waals surface area contributed by atoms with E-state index < -0.39 is 17.8 Å². The van der Waals surface area contributed by atoms with Crippen molar-refractivity contribution in [1.29, 1.82) is 0 Å².